The number of aliphatic hydroxyl groups is 3. The van der Waals surface area contributed by atoms with Crippen LogP contribution in [0.25, 0.3) is 0 Å². The van der Waals surface area contributed by atoms with Crippen LogP contribution in [0.2, 0.25) is 0 Å². The maximum atomic E-state index is 11.5. The number of esters is 2. The topological polar surface area (TPSA) is 141 Å². The summed E-state index contributed by atoms with van der Waals surface area (Å²) in [6.45, 7) is 5.44. The Morgan fingerprint density at radius 3 is 2.04 bits per heavy atom. The molecule has 0 aromatic heterocycles. The van der Waals surface area contributed by atoms with E-state index in [2.05, 4.69) is 0 Å². The van der Waals surface area contributed by atoms with E-state index in [1.807, 2.05) is 0 Å². The second-order valence-corrected chi connectivity index (χ2v) is 6.55. The maximum absolute atomic E-state index is 11.5. The fraction of sp³-hybridized carbons (Fsp3) is 0.875. The van der Waals surface area contributed by atoms with E-state index in [0.717, 1.165) is 13.8 Å². The zero-order valence-corrected chi connectivity index (χ0v) is 15.1. The maximum Gasteiger partial charge on any atom is 0.303 e. The molecule has 0 aromatic rings. The van der Waals surface area contributed by atoms with Gasteiger partial charge in [-0.15, -0.1) is 0 Å². The van der Waals surface area contributed by atoms with Crippen molar-refractivity contribution in [1.29, 1.82) is 0 Å². The summed E-state index contributed by atoms with van der Waals surface area (Å²) in [4.78, 5) is 22.9. The molecule has 3 N–H and O–H groups in total. The fourth-order valence-corrected chi connectivity index (χ4v) is 3.02. The van der Waals surface area contributed by atoms with Gasteiger partial charge in [0.15, 0.2) is 18.5 Å². The first-order chi connectivity index (χ1) is 12.1. The smallest absolute Gasteiger partial charge is 0.303 e. The van der Waals surface area contributed by atoms with Gasteiger partial charge in [0, 0.05) is 13.8 Å². The summed E-state index contributed by atoms with van der Waals surface area (Å²) in [5.74, 6) is -1.37. The van der Waals surface area contributed by atoms with Crippen molar-refractivity contribution in [1.82, 2.24) is 0 Å². The second kappa shape index (κ2) is 8.59. The van der Waals surface area contributed by atoms with Gasteiger partial charge in [0.2, 0.25) is 0 Å². The molecule has 0 spiro atoms. The van der Waals surface area contributed by atoms with Crippen molar-refractivity contribution in [2.75, 3.05) is 6.61 Å². The van der Waals surface area contributed by atoms with Crippen molar-refractivity contribution in [2.45, 2.75) is 82.8 Å². The Bertz CT molecular complexity index is 511. The summed E-state index contributed by atoms with van der Waals surface area (Å²) in [5.41, 5.74) is 0. The van der Waals surface area contributed by atoms with Crippen molar-refractivity contribution < 1.29 is 48.6 Å². The monoisotopic (exact) mass is 378 g/mol. The molecule has 0 bridgehead atoms. The third-order valence-corrected chi connectivity index (χ3v) is 4.38. The molecule has 0 radical (unpaired) electrons. The van der Waals surface area contributed by atoms with E-state index in [-0.39, 0.29) is 6.61 Å². The highest BCUT2D eigenvalue weighted by atomic mass is 16.7. The molecule has 2 aliphatic rings. The van der Waals surface area contributed by atoms with Gasteiger partial charge in [-0.2, -0.15) is 0 Å². The molecular formula is C16H26O10. The Hall–Kier alpha value is -1.30. The van der Waals surface area contributed by atoms with Crippen LogP contribution in [0.1, 0.15) is 27.7 Å². The zero-order valence-electron chi connectivity index (χ0n) is 15.1. The number of hydrogen-bond donors (Lipinski definition) is 3. The standard InChI is InChI=1S/C16H26O10/c1-6-11(20)14(24-8(3)17)15(25-9(4)18)16(23-6)26-13-7(2)22-5-10(19)12(13)21/h6-7,10-16,19-21H,5H2,1-4H3/t6-,7?,10-,11-,12-,13-,14+,15+,16-/m0/s1. The lowest BCUT2D eigenvalue weighted by atomic mass is 9.98. The van der Waals surface area contributed by atoms with Crippen molar-refractivity contribution in [2.24, 2.45) is 0 Å². The first kappa shape index (κ1) is 21.0. The van der Waals surface area contributed by atoms with Gasteiger partial charge in [-0.3, -0.25) is 9.59 Å². The number of carbonyl (C=O) groups excluding carboxylic acids is 2. The lowest BCUT2D eigenvalue weighted by molar-refractivity contribution is -0.331. The average molecular weight is 378 g/mol. The fourth-order valence-electron chi connectivity index (χ4n) is 3.02. The normalized spacial score (nSPS) is 43.6. The van der Waals surface area contributed by atoms with E-state index in [1.165, 1.54) is 6.92 Å². The van der Waals surface area contributed by atoms with Gasteiger partial charge in [-0.1, -0.05) is 0 Å². The molecular weight excluding hydrogens is 352 g/mol. The second-order valence-electron chi connectivity index (χ2n) is 6.55. The lowest BCUT2D eigenvalue weighted by Crippen LogP contribution is -2.63. The zero-order chi connectivity index (χ0) is 19.6. The molecule has 150 valence electrons. The van der Waals surface area contributed by atoms with Crippen molar-refractivity contribution in [3.05, 3.63) is 0 Å². The molecule has 26 heavy (non-hydrogen) atoms. The predicted octanol–water partition coefficient (Wildman–Crippen LogP) is -1.52. The molecule has 0 aromatic carbocycles. The molecule has 2 fully saturated rings. The first-order valence-corrected chi connectivity index (χ1v) is 8.43. The molecule has 10 heteroatoms. The van der Waals surface area contributed by atoms with Crippen molar-refractivity contribution in [3.63, 3.8) is 0 Å². The van der Waals surface area contributed by atoms with Gasteiger partial charge in [0.05, 0.1) is 18.8 Å². The van der Waals surface area contributed by atoms with Gasteiger partial charge >= 0.3 is 11.9 Å². The first-order valence-electron chi connectivity index (χ1n) is 8.43. The van der Waals surface area contributed by atoms with E-state index < -0.39 is 67.1 Å². The highest BCUT2D eigenvalue weighted by Gasteiger charge is 2.51. The van der Waals surface area contributed by atoms with E-state index in [0.29, 0.717) is 0 Å². The summed E-state index contributed by atoms with van der Waals surface area (Å²) in [6.07, 6.45) is -9.76. The highest BCUT2D eigenvalue weighted by Crippen LogP contribution is 2.30. The van der Waals surface area contributed by atoms with E-state index in [1.54, 1.807) is 6.92 Å². The van der Waals surface area contributed by atoms with Crippen LogP contribution in [-0.2, 0) is 33.3 Å². The van der Waals surface area contributed by atoms with Crippen LogP contribution in [-0.4, -0.2) is 89.0 Å². The van der Waals surface area contributed by atoms with Crippen LogP contribution >= 0.6 is 0 Å². The summed E-state index contributed by atoms with van der Waals surface area (Å²) in [6, 6.07) is 0. The minimum absolute atomic E-state index is 0.0493. The number of hydrogen-bond acceptors (Lipinski definition) is 10. The van der Waals surface area contributed by atoms with Gasteiger partial charge in [0.25, 0.3) is 0 Å². The van der Waals surface area contributed by atoms with Crippen LogP contribution in [0.5, 0.6) is 0 Å². The molecule has 9 atom stereocenters. The molecule has 2 saturated heterocycles. The number of ether oxygens (including phenoxy) is 5. The van der Waals surface area contributed by atoms with Crippen LogP contribution < -0.4 is 0 Å². The number of aliphatic hydroxyl groups excluding tert-OH is 3. The van der Waals surface area contributed by atoms with Gasteiger partial charge in [-0.05, 0) is 13.8 Å². The molecule has 0 aliphatic carbocycles. The molecule has 0 amide bonds. The third-order valence-electron chi connectivity index (χ3n) is 4.38. The van der Waals surface area contributed by atoms with E-state index in [4.69, 9.17) is 23.7 Å². The lowest BCUT2D eigenvalue weighted by Gasteiger charge is -2.45. The summed E-state index contributed by atoms with van der Waals surface area (Å²) >= 11 is 0. The minimum atomic E-state index is -1.26. The van der Waals surface area contributed by atoms with Gasteiger partial charge < -0.3 is 39.0 Å². The Kier molecular flexibility index (Phi) is 6.94. The summed E-state index contributed by atoms with van der Waals surface area (Å²) < 4.78 is 26.9. The molecule has 2 heterocycles. The Balaban J connectivity index is 2.24. The average Bonchev–Trinajstić information content (AvgIpc) is 2.54. The van der Waals surface area contributed by atoms with Crippen molar-refractivity contribution >= 4 is 11.9 Å². The Morgan fingerprint density at radius 1 is 0.885 bits per heavy atom. The molecule has 1 unspecified atom stereocenters. The highest BCUT2D eigenvalue weighted by molar-refractivity contribution is 5.67. The summed E-state index contributed by atoms with van der Waals surface area (Å²) in [5, 5.41) is 30.2. The van der Waals surface area contributed by atoms with Crippen LogP contribution in [0.4, 0.5) is 0 Å². The van der Waals surface area contributed by atoms with Crippen molar-refractivity contribution in [3.8, 4) is 0 Å². The Morgan fingerprint density at radius 2 is 1.46 bits per heavy atom. The number of rotatable bonds is 4. The molecule has 2 aliphatic heterocycles. The van der Waals surface area contributed by atoms with E-state index in [9.17, 15) is 24.9 Å². The van der Waals surface area contributed by atoms with Crippen LogP contribution in [0.15, 0.2) is 0 Å². The molecule has 10 nitrogen and oxygen atoms in total. The SMILES string of the molecule is CC(=O)O[C@@H]1[C@@H](O)[C@H](C)O[C@@H](O[C@H]2C(C)OC[C@H](O)[C@@H]2O)[C@@H]1OC(C)=O. The quantitative estimate of drug-likeness (QED) is 0.494. The largest absolute Gasteiger partial charge is 0.455 e. The van der Waals surface area contributed by atoms with Crippen LogP contribution in [0.3, 0.4) is 0 Å². The Labute approximate surface area is 150 Å². The molecule has 0 saturated carbocycles. The third kappa shape index (κ3) is 4.70. The minimum Gasteiger partial charge on any atom is -0.455 e. The van der Waals surface area contributed by atoms with Crippen LogP contribution in [0, 0.1) is 0 Å². The van der Waals surface area contributed by atoms with Gasteiger partial charge in [-0.25, -0.2) is 0 Å². The summed E-state index contributed by atoms with van der Waals surface area (Å²) in [7, 11) is 0. The predicted molar refractivity (Wildman–Crippen MR) is 83.8 cm³/mol. The van der Waals surface area contributed by atoms with Gasteiger partial charge in [0.1, 0.15) is 24.4 Å². The van der Waals surface area contributed by atoms with E-state index >= 15 is 0 Å². The molecule has 2 rings (SSSR count). The number of carbonyl (C=O) groups is 2.